The van der Waals surface area contributed by atoms with Gasteiger partial charge in [0.2, 0.25) is 11.0 Å². The van der Waals surface area contributed by atoms with Crippen LogP contribution in [0.1, 0.15) is 11.3 Å². The Morgan fingerprint density at radius 2 is 1.91 bits per heavy atom. The molecule has 1 amide bonds. The Labute approximate surface area is 149 Å². The summed E-state index contributed by atoms with van der Waals surface area (Å²) in [4.78, 5) is 11.6. The van der Waals surface area contributed by atoms with E-state index in [1.165, 1.54) is 6.07 Å². The Hall–Kier alpha value is -1.45. The third-order valence-electron chi connectivity index (χ3n) is 2.44. The van der Waals surface area contributed by atoms with E-state index in [1.54, 1.807) is 12.1 Å². The first-order valence-corrected chi connectivity index (χ1v) is 7.27. The summed E-state index contributed by atoms with van der Waals surface area (Å²) in [5.74, 6) is -0.287. The summed E-state index contributed by atoms with van der Waals surface area (Å²) in [6, 6.07) is 11.4. The number of furan rings is 1. The van der Waals surface area contributed by atoms with E-state index >= 15 is 0 Å². The van der Waals surface area contributed by atoms with Crippen LogP contribution in [0.25, 0.3) is 0 Å². The standard InChI is InChI=1S/C13H12N2O5S.Na/c16-12(8-10-4-2-1-3-5-10)15-14-9-11-6-7-13(20-11)21(17,18)19;/h1-7,9H,8H2,(H,15,16)(H,17,18,19);/q;+1/p-1. The summed E-state index contributed by atoms with van der Waals surface area (Å²) in [7, 11) is -4.63. The molecule has 0 atom stereocenters. The van der Waals surface area contributed by atoms with E-state index in [9.17, 15) is 17.8 Å². The van der Waals surface area contributed by atoms with E-state index in [2.05, 4.69) is 10.5 Å². The molecule has 1 aromatic heterocycles. The molecule has 0 radical (unpaired) electrons. The predicted molar refractivity (Wildman–Crippen MR) is 72.6 cm³/mol. The third-order valence-corrected chi connectivity index (χ3v) is 3.15. The zero-order chi connectivity index (χ0) is 15.3. The van der Waals surface area contributed by atoms with Crippen LogP contribution in [0.2, 0.25) is 0 Å². The number of carbonyl (C=O) groups is 1. The topological polar surface area (TPSA) is 112 Å². The maximum absolute atomic E-state index is 11.6. The van der Waals surface area contributed by atoms with Gasteiger partial charge in [-0.15, -0.1) is 0 Å². The first kappa shape index (κ1) is 18.6. The first-order chi connectivity index (χ1) is 9.95. The SMILES string of the molecule is O=C(Cc1ccccc1)NN=Cc1ccc(S(=O)(=O)[O-])o1.[Na+]. The molecule has 0 saturated heterocycles. The molecule has 22 heavy (non-hydrogen) atoms. The summed E-state index contributed by atoms with van der Waals surface area (Å²) in [5.41, 5.74) is 3.11. The van der Waals surface area contributed by atoms with Crippen molar-refractivity contribution in [3.8, 4) is 0 Å². The summed E-state index contributed by atoms with van der Waals surface area (Å²) in [6.07, 6.45) is 1.27. The minimum absolute atomic E-state index is 0. The Morgan fingerprint density at radius 3 is 2.50 bits per heavy atom. The van der Waals surface area contributed by atoms with Gasteiger partial charge in [-0.2, -0.15) is 5.10 Å². The van der Waals surface area contributed by atoms with E-state index in [0.717, 1.165) is 17.8 Å². The molecule has 0 fully saturated rings. The van der Waals surface area contributed by atoms with Crippen LogP contribution in [0.15, 0.2) is 57.1 Å². The molecule has 0 aliphatic heterocycles. The molecule has 9 heteroatoms. The van der Waals surface area contributed by atoms with E-state index in [4.69, 9.17) is 4.42 Å². The number of nitrogens with zero attached hydrogens (tertiary/aromatic N) is 1. The quantitative estimate of drug-likeness (QED) is 0.292. The minimum atomic E-state index is -4.63. The maximum Gasteiger partial charge on any atom is 1.00 e. The molecule has 0 unspecified atom stereocenters. The van der Waals surface area contributed by atoms with Crippen LogP contribution in [0.3, 0.4) is 0 Å². The van der Waals surface area contributed by atoms with E-state index in [1.807, 2.05) is 18.2 Å². The largest absolute Gasteiger partial charge is 1.00 e. The van der Waals surface area contributed by atoms with Crippen molar-refractivity contribution >= 4 is 22.2 Å². The Balaban J connectivity index is 0.00000242. The molecule has 0 aliphatic rings. The average molecular weight is 330 g/mol. The van der Waals surface area contributed by atoms with Gasteiger partial charge in [0.25, 0.3) is 0 Å². The van der Waals surface area contributed by atoms with Crippen LogP contribution >= 0.6 is 0 Å². The van der Waals surface area contributed by atoms with Crippen LogP contribution in [-0.2, 0) is 21.3 Å². The third kappa shape index (κ3) is 5.74. The van der Waals surface area contributed by atoms with Gasteiger partial charge in [0.05, 0.1) is 12.6 Å². The number of hydrazone groups is 1. The monoisotopic (exact) mass is 330 g/mol. The fraction of sp³-hybridized carbons (Fsp3) is 0.0769. The second kappa shape index (κ2) is 8.25. The first-order valence-electron chi connectivity index (χ1n) is 5.87. The normalized spacial score (nSPS) is 11.1. The number of amides is 1. The van der Waals surface area contributed by atoms with Crippen LogP contribution < -0.4 is 35.0 Å². The maximum atomic E-state index is 11.6. The van der Waals surface area contributed by atoms with Gasteiger partial charge >= 0.3 is 29.6 Å². The van der Waals surface area contributed by atoms with Crippen molar-refractivity contribution < 1.29 is 51.7 Å². The predicted octanol–water partition coefficient (Wildman–Crippen LogP) is -2.12. The van der Waals surface area contributed by atoms with Gasteiger partial charge < -0.3 is 8.97 Å². The van der Waals surface area contributed by atoms with Crippen LogP contribution in [0, 0.1) is 0 Å². The number of nitrogens with one attached hydrogen (secondary N) is 1. The second-order valence-electron chi connectivity index (χ2n) is 4.07. The van der Waals surface area contributed by atoms with E-state index in [-0.39, 0.29) is 47.6 Å². The van der Waals surface area contributed by atoms with Gasteiger partial charge in [0.1, 0.15) is 5.76 Å². The molecule has 0 bridgehead atoms. The van der Waals surface area contributed by atoms with Crippen molar-refractivity contribution in [1.29, 1.82) is 0 Å². The van der Waals surface area contributed by atoms with E-state index < -0.39 is 15.2 Å². The fourth-order valence-corrected chi connectivity index (χ4v) is 1.96. The summed E-state index contributed by atoms with van der Waals surface area (Å²) < 4.78 is 36.8. The van der Waals surface area contributed by atoms with Crippen LogP contribution in [-0.4, -0.2) is 25.1 Å². The molecule has 1 aromatic carbocycles. The second-order valence-corrected chi connectivity index (χ2v) is 5.38. The summed E-state index contributed by atoms with van der Waals surface area (Å²) in [6.45, 7) is 0. The summed E-state index contributed by atoms with van der Waals surface area (Å²) in [5, 5.41) is 2.92. The Bertz CT molecular complexity index is 756. The molecular weight excluding hydrogens is 319 g/mol. The van der Waals surface area contributed by atoms with Crippen molar-refractivity contribution in [3.63, 3.8) is 0 Å². The molecule has 2 aromatic rings. The molecule has 2 rings (SSSR count). The van der Waals surface area contributed by atoms with Gasteiger partial charge in [0, 0.05) is 0 Å². The van der Waals surface area contributed by atoms with Crippen molar-refractivity contribution in [2.45, 2.75) is 11.5 Å². The Morgan fingerprint density at radius 1 is 1.23 bits per heavy atom. The molecule has 0 spiro atoms. The fourth-order valence-electron chi connectivity index (χ4n) is 1.53. The number of rotatable bonds is 5. The van der Waals surface area contributed by atoms with Gasteiger partial charge in [-0.3, -0.25) is 4.79 Å². The van der Waals surface area contributed by atoms with Crippen LogP contribution in [0.4, 0.5) is 0 Å². The van der Waals surface area contributed by atoms with Crippen molar-refractivity contribution in [3.05, 3.63) is 53.8 Å². The minimum Gasteiger partial charge on any atom is -0.742 e. The van der Waals surface area contributed by atoms with Crippen molar-refractivity contribution in [2.24, 2.45) is 5.10 Å². The zero-order valence-corrected chi connectivity index (χ0v) is 14.5. The molecule has 1 N–H and O–H groups in total. The number of benzene rings is 1. The van der Waals surface area contributed by atoms with Crippen molar-refractivity contribution in [1.82, 2.24) is 5.43 Å². The van der Waals surface area contributed by atoms with Gasteiger partial charge in [-0.1, -0.05) is 30.3 Å². The van der Waals surface area contributed by atoms with Gasteiger partial charge in [0.15, 0.2) is 10.1 Å². The average Bonchev–Trinajstić information content (AvgIpc) is 2.88. The molecule has 0 saturated carbocycles. The molecule has 7 nitrogen and oxygen atoms in total. The number of hydrogen-bond donors (Lipinski definition) is 1. The molecule has 0 aliphatic carbocycles. The van der Waals surface area contributed by atoms with Gasteiger partial charge in [-0.25, -0.2) is 13.8 Å². The van der Waals surface area contributed by atoms with E-state index in [0.29, 0.717) is 0 Å². The molecule has 110 valence electrons. The van der Waals surface area contributed by atoms with Gasteiger partial charge in [-0.05, 0) is 17.7 Å². The smallest absolute Gasteiger partial charge is 0.742 e. The zero-order valence-electron chi connectivity index (χ0n) is 11.7. The molecular formula is C13H11N2NaO5S. The number of hydrogen-bond acceptors (Lipinski definition) is 6. The van der Waals surface area contributed by atoms with Crippen molar-refractivity contribution in [2.75, 3.05) is 0 Å². The Kier molecular flexibility index (Phi) is 6.98. The number of carbonyl (C=O) groups excluding carboxylic acids is 1. The summed E-state index contributed by atoms with van der Waals surface area (Å²) >= 11 is 0. The molecule has 1 heterocycles. The van der Waals surface area contributed by atoms with Crippen LogP contribution in [0.5, 0.6) is 0 Å².